The SMILES string of the molecule is N#CC(C(=O)O)c1ccc(Cl)c(Cl)c1. The quantitative estimate of drug-likeness (QED) is 0.849. The third-order valence-electron chi connectivity index (χ3n) is 1.65. The van der Waals surface area contributed by atoms with Crippen LogP contribution in [0.15, 0.2) is 18.2 Å². The molecule has 0 fully saturated rings. The summed E-state index contributed by atoms with van der Waals surface area (Å²) in [6, 6.07) is 5.98. The molecule has 0 saturated carbocycles. The smallest absolute Gasteiger partial charge is 0.325 e. The van der Waals surface area contributed by atoms with Gasteiger partial charge in [0, 0.05) is 0 Å². The second-order valence-corrected chi connectivity index (χ2v) is 3.39. The molecule has 3 nitrogen and oxygen atoms in total. The third kappa shape index (κ3) is 2.16. The Kier molecular flexibility index (Phi) is 3.34. The van der Waals surface area contributed by atoms with Crippen LogP contribution in [0.1, 0.15) is 11.5 Å². The van der Waals surface area contributed by atoms with Crippen molar-refractivity contribution in [3.63, 3.8) is 0 Å². The maximum absolute atomic E-state index is 10.6. The van der Waals surface area contributed by atoms with Crippen molar-refractivity contribution in [1.82, 2.24) is 0 Å². The zero-order valence-corrected chi connectivity index (χ0v) is 8.38. The van der Waals surface area contributed by atoms with Gasteiger partial charge in [0.2, 0.25) is 0 Å². The van der Waals surface area contributed by atoms with Gasteiger partial charge in [-0.25, -0.2) is 0 Å². The molecular weight excluding hydrogens is 225 g/mol. The van der Waals surface area contributed by atoms with Gasteiger partial charge in [-0.15, -0.1) is 0 Å². The number of carboxylic acids is 1. The fourth-order valence-electron chi connectivity index (χ4n) is 0.964. The molecule has 1 aromatic carbocycles. The lowest BCUT2D eigenvalue weighted by Gasteiger charge is -2.04. The van der Waals surface area contributed by atoms with Crippen molar-refractivity contribution in [2.45, 2.75) is 5.92 Å². The van der Waals surface area contributed by atoms with E-state index in [1.165, 1.54) is 18.2 Å². The Hall–Kier alpha value is -1.24. The Bertz CT molecular complexity index is 412. The number of hydrogen-bond acceptors (Lipinski definition) is 2. The average molecular weight is 230 g/mol. The molecule has 0 aliphatic rings. The Labute approximate surface area is 90.5 Å². The fourth-order valence-corrected chi connectivity index (χ4v) is 1.27. The molecule has 1 rings (SSSR count). The highest BCUT2D eigenvalue weighted by molar-refractivity contribution is 6.42. The number of carbonyl (C=O) groups is 1. The zero-order chi connectivity index (χ0) is 10.7. The molecule has 0 heterocycles. The van der Waals surface area contributed by atoms with Gasteiger partial charge in [-0.2, -0.15) is 5.26 Å². The van der Waals surface area contributed by atoms with E-state index in [2.05, 4.69) is 0 Å². The predicted molar refractivity (Wildman–Crippen MR) is 52.5 cm³/mol. The summed E-state index contributed by atoms with van der Waals surface area (Å²) in [6.45, 7) is 0. The topological polar surface area (TPSA) is 61.1 Å². The Balaban J connectivity index is 3.14. The first-order chi connectivity index (χ1) is 6.56. The summed E-state index contributed by atoms with van der Waals surface area (Å²) in [6.07, 6.45) is 0. The van der Waals surface area contributed by atoms with Crippen LogP contribution in [0, 0.1) is 11.3 Å². The molecule has 72 valence electrons. The molecule has 0 radical (unpaired) electrons. The van der Waals surface area contributed by atoms with Crippen LogP contribution < -0.4 is 0 Å². The standard InChI is InChI=1S/C9H5Cl2NO2/c10-7-2-1-5(3-8(7)11)6(4-12)9(13)14/h1-3,6H,(H,13,14). The van der Waals surface area contributed by atoms with E-state index in [4.69, 9.17) is 33.6 Å². The summed E-state index contributed by atoms with van der Waals surface area (Å²) < 4.78 is 0. The molecule has 0 aliphatic carbocycles. The van der Waals surface area contributed by atoms with E-state index in [-0.39, 0.29) is 5.02 Å². The molecule has 0 bridgehead atoms. The van der Waals surface area contributed by atoms with Gasteiger partial charge in [-0.3, -0.25) is 4.79 Å². The summed E-state index contributed by atoms with van der Waals surface area (Å²) >= 11 is 11.3. The lowest BCUT2D eigenvalue weighted by molar-refractivity contribution is -0.137. The minimum absolute atomic E-state index is 0.241. The van der Waals surface area contributed by atoms with Gasteiger partial charge in [0.05, 0.1) is 16.1 Å². The van der Waals surface area contributed by atoms with Gasteiger partial charge in [-0.05, 0) is 17.7 Å². The first kappa shape index (κ1) is 10.8. The van der Waals surface area contributed by atoms with Gasteiger partial charge in [-0.1, -0.05) is 29.3 Å². The lowest BCUT2D eigenvalue weighted by Crippen LogP contribution is -2.08. The van der Waals surface area contributed by atoms with Crippen LogP contribution in [0.5, 0.6) is 0 Å². The highest BCUT2D eigenvalue weighted by Gasteiger charge is 2.19. The Morgan fingerprint density at radius 3 is 2.50 bits per heavy atom. The number of carboxylic acid groups (broad SMARTS) is 1. The van der Waals surface area contributed by atoms with Crippen molar-refractivity contribution in [1.29, 1.82) is 5.26 Å². The fraction of sp³-hybridized carbons (Fsp3) is 0.111. The summed E-state index contributed by atoms with van der Waals surface area (Å²) in [7, 11) is 0. The molecule has 1 aromatic rings. The molecule has 14 heavy (non-hydrogen) atoms. The number of nitriles is 1. The van der Waals surface area contributed by atoms with Crippen LogP contribution in [-0.2, 0) is 4.79 Å². The van der Waals surface area contributed by atoms with Gasteiger partial charge < -0.3 is 5.11 Å². The van der Waals surface area contributed by atoms with Gasteiger partial charge >= 0.3 is 5.97 Å². The molecule has 0 amide bonds. The van der Waals surface area contributed by atoms with Crippen LogP contribution in [0.3, 0.4) is 0 Å². The maximum Gasteiger partial charge on any atom is 0.325 e. The van der Waals surface area contributed by atoms with E-state index in [0.717, 1.165) is 0 Å². The van der Waals surface area contributed by atoms with E-state index >= 15 is 0 Å². The van der Waals surface area contributed by atoms with E-state index < -0.39 is 11.9 Å². The van der Waals surface area contributed by atoms with E-state index in [1.54, 1.807) is 6.07 Å². The summed E-state index contributed by atoms with van der Waals surface area (Å²) in [4.78, 5) is 10.6. The normalized spacial score (nSPS) is 11.8. The maximum atomic E-state index is 10.6. The number of hydrogen-bond donors (Lipinski definition) is 1. The monoisotopic (exact) mass is 229 g/mol. The van der Waals surface area contributed by atoms with Gasteiger partial charge in [0.15, 0.2) is 5.92 Å². The molecule has 1 N–H and O–H groups in total. The molecule has 0 spiro atoms. The van der Waals surface area contributed by atoms with Crippen molar-refractivity contribution in [2.24, 2.45) is 0 Å². The molecule has 1 unspecified atom stereocenters. The number of nitrogens with zero attached hydrogens (tertiary/aromatic N) is 1. The first-order valence-electron chi connectivity index (χ1n) is 3.63. The summed E-state index contributed by atoms with van der Waals surface area (Å²) in [5.41, 5.74) is 0.328. The molecule has 0 saturated heterocycles. The Morgan fingerprint density at radius 2 is 2.07 bits per heavy atom. The number of aliphatic carboxylic acids is 1. The van der Waals surface area contributed by atoms with E-state index in [1.807, 2.05) is 0 Å². The average Bonchev–Trinajstić information content (AvgIpc) is 2.11. The summed E-state index contributed by atoms with van der Waals surface area (Å²) in [5.74, 6) is -2.41. The van der Waals surface area contributed by atoms with E-state index in [0.29, 0.717) is 10.6 Å². The van der Waals surface area contributed by atoms with Crippen LogP contribution in [0.2, 0.25) is 10.0 Å². The number of benzene rings is 1. The minimum Gasteiger partial charge on any atom is -0.480 e. The molecule has 1 atom stereocenters. The van der Waals surface area contributed by atoms with Crippen LogP contribution in [0.25, 0.3) is 0 Å². The molecule has 5 heteroatoms. The first-order valence-corrected chi connectivity index (χ1v) is 4.39. The van der Waals surface area contributed by atoms with Crippen LogP contribution in [0.4, 0.5) is 0 Å². The van der Waals surface area contributed by atoms with Crippen molar-refractivity contribution >= 4 is 29.2 Å². The van der Waals surface area contributed by atoms with E-state index in [9.17, 15) is 4.79 Å². The molecule has 0 aromatic heterocycles. The van der Waals surface area contributed by atoms with Crippen LogP contribution in [-0.4, -0.2) is 11.1 Å². The van der Waals surface area contributed by atoms with Crippen molar-refractivity contribution in [2.75, 3.05) is 0 Å². The largest absolute Gasteiger partial charge is 0.480 e. The minimum atomic E-state index is -1.20. The molecular formula is C9H5Cl2NO2. The van der Waals surface area contributed by atoms with Crippen molar-refractivity contribution < 1.29 is 9.90 Å². The Morgan fingerprint density at radius 1 is 1.43 bits per heavy atom. The predicted octanol–water partition coefficient (Wildman–Crippen LogP) is 2.69. The second-order valence-electron chi connectivity index (χ2n) is 2.57. The second kappa shape index (κ2) is 4.32. The third-order valence-corrected chi connectivity index (χ3v) is 2.39. The van der Waals surface area contributed by atoms with Crippen molar-refractivity contribution in [3.05, 3.63) is 33.8 Å². The van der Waals surface area contributed by atoms with Crippen molar-refractivity contribution in [3.8, 4) is 6.07 Å². The summed E-state index contributed by atoms with van der Waals surface area (Å²) in [5, 5.41) is 17.9. The van der Waals surface area contributed by atoms with Crippen LogP contribution >= 0.6 is 23.2 Å². The number of rotatable bonds is 2. The van der Waals surface area contributed by atoms with Gasteiger partial charge in [0.1, 0.15) is 0 Å². The van der Waals surface area contributed by atoms with Gasteiger partial charge in [0.25, 0.3) is 0 Å². The highest BCUT2D eigenvalue weighted by Crippen LogP contribution is 2.26. The zero-order valence-electron chi connectivity index (χ0n) is 6.87. The highest BCUT2D eigenvalue weighted by atomic mass is 35.5. The lowest BCUT2D eigenvalue weighted by atomic mass is 10.0. The number of halogens is 2. The molecule has 0 aliphatic heterocycles.